The molecule has 0 fully saturated rings. The number of sulfonamides is 2. The van der Waals surface area contributed by atoms with Crippen LogP contribution in [0.25, 0.3) is 11.0 Å². The van der Waals surface area contributed by atoms with Crippen LogP contribution in [0.1, 0.15) is 19.8 Å². The quantitative estimate of drug-likeness (QED) is 0.334. The molecule has 10 nitrogen and oxygen atoms in total. The van der Waals surface area contributed by atoms with Gasteiger partial charge in [-0.05, 0) is 36.8 Å². The number of benzene rings is 2. The average molecular weight is 567 g/mol. The molecule has 3 aromatic rings. The lowest BCUT2D eigenvalue weighted by molar-refractivity contribution is -0.113. The van der Waals surface area contributed by atoms with Gasteiger partial charge in [0.25, 0.3) is 0 Å². The number of amides is 1. The molecule has 1 amide bonds. The molecule has 0 unspecified atom stereocenters. The molecule has 5 N–H and O–H groups in total. The lowest BCUT2D eigenvalue weighted by Crippen LogP contribution is -2.16. The highest BCUT2D eigenvalue weighted by Crippen LogP contribution is 2.33. The Balaban J connectivity index is 1.83. The Morgan fingerprint density at radius 2 is 1.68 bits per heavy atom. The molecule has 0 saturated carbocycles. The number of aromatic nitrogens is 2. The lowest BCUT2D eigenvalue weighted by Gasteiger charge is -2.11. The van der Waals surface area contributed by atoms with Crippen molar-refractivity contribution in [3.05, 3.63) is 40.4 Å². The number of carbonyl (C=O) groups excluding carboxylic acids is 1. The van der Waals surface area contributed by atoms with Crippen molar-refractivity contribution in [2.24, 2.45) is 10.3 Å². The van der Waals surface area contributed by atoms with Crippen molar-refractivity contribution in [1.29, 1.82) is 0 Å². The normalized spacial score (nSPS) is 12.3. The van der Waals surface area contributed by atoms with Gasteiger partial charge < -0.3 is 9.88 Å². The van der Waals surface area contributed by atoms with Crippen LogP contribution in [0.3, 0.4) is 0 Å². The Morgan fingerprint density at radius 3 is 2.24 bits per heavy atom. The minimum atomic E-state index is -4.02. The molecule has 0 aliphatic carbocycles. The zero-order valence-corrected chi connectivity index (χ0v) is 21.7. The predicted octanol–water partition coefficient (Wildman–Crippen LogP) is 3.17. The summed E-state index contributed by atoms with van der Waals surface area (Å²) in [4.78, 5) is 16.7. The largest absolute Gasteiger partial charge is 0.323 e. The van der Waals surface area contributed by atoms with E-state index in [0.717, 1.165) is 36.7 Å². The van der Waals surface area contributed by atoms with Crippen molar-refractivity contribution in [3.63, 3.8) is 0 Å². The number of fused-ring (bicyclic) bond motifs is 1. The van der Waals surface area contributed by atoms with Crippen LogP contribution >= 0.6 is 35.0 Å². The SMILES string of the molecule is CCCCn1c(SCC(=O)Nc2c(Cl)cc(S(N)(=O)=O)cc2Cl)nc2cc(S(N)(=O)=O)ccc21. The first-order chi connectivity index (χ1) is 15.8. The van der Waals surface area contributed by atoms with Crippen LogP contribution in [-0.2, 0) is 31.4 Å². The van der Waals surface area contributed by atoms with Gasteiger partial charge in [-0.2, -0.15) is 0 Å². The Bertz CT molecular complexity index is 1450. The summed E-state index contributed by atoms with van der Waals surface area (Å²) < 4.78 is 48.3. The Labute approximate surface area is 211 Å². The Hall–Kier alpha value is -1.87. The third-order valence-electron chi connectivity index (χ3n) is 4.69. The average Bonchev–Trinajstić information content (AvgIpc) is 3.08. The van der Waals surface area contributed by atoms with Gasteiger partial charge in [0.2, 0.25) is 26.0 Å². The third-order valence-corrected chi connectivity index (χ3v) is 8.07. The molecule has 0 atom stereocenters. The summed E-state index contributed by atoms with van der Waals surface area (Å²) in [6.45, 7) is 2.66. The number of nitrogens with two attached hydrogens (primary N) is 2. The van der Waals surface area contributed by atoms with Gasteiger partial charge in [-0.1, -0.05) is 48.3 Å². The number of primary sulfonamides is 2. The molecule has 0 aliphatic rings. The minimum Gasteiger partial charge on any atom is -0.323 e. The number of nitrogens with zero attached hydrogens (tertiary/aromatic N) is 2. The number of carbonyl (C=O) groups is 1. The first kappa shape index (κ1) is 26.7. The van der Waals surface area contributed by atoms with E-state index in [1.54, 1.807) is 6.07 Å². The van der Waals surface area contributed by atoms with Crippen molar-refractivity contribution >= 4 is 77.6 Å². The van der Waals surface area contributed by atoms with Crippen molar-refractivity contribution in [2.75, 3.05) is 11.1 Å². The highest BCUT2D eigenvalue weighted by atomic mass is 35.5. The predicted molar refractivity (Wildman–Crippen MR) is 133 cm³/mol. The van der Waals surface area contributed by atoms with Crippen molar-refractivity contribution in [3.8, 4) is 0 Å². The molecule has 1 aromatic heterocycles. The maximum Gasteiger partial charge on any atom is 0.238 e. The number of halogens is 2. The number of anilines is 1. The molecule has 0 bridgehead atoms. The maximum atomic E-state index is 12.6. The summed E-state index contributed by atoms with van der Waals surface area (Å²) in [5, 5.41) is 13.2. The molecule has 0 radical (unpaired) electrons. The van der Waals surface area contributed by atoms with Crippen LogP contribution in [0.5, 0.6) is 0 Å². The molecule has 3 rings (SSSR count). The smallest absolute Gasteiger partial charge is 0.238 e. The molecule has 0 saturated heterocycles. The number of aryl methyl sites for hydroxylation is 1. The van der Waals surface area contributed by atoms with Gasteiger partial charge in [-0.15, -0.1) is 0 Å². The van der Waals surface area contributed by atoms with Gasteiger partial charge in [0.05, 0.1) is 42.3 Å². The highest BCUT2D eigenvalue weighted by Gasteiger charge is 2.19. The third kappa shape index (κ3) is 6.22. The number of nitrogens with one attached hydrogen (secondary N) is 1. The number of hydrogen-bond acceptors (Lipinski definition) is 7. The van der Waals surface area contributed by atoms with Crippen LogP contribution in [0, 0.1) is 0 Å². The molecule has 0 aliphatic heterocycles. The molecule has 0 spiro atoms. The number of thioether (sulfide) groups is 1. The minimum absolute atomic E-state index is 0.0540. The second-order valence-electron chi connectivity index (χ2n) is 7.24. The van der Waals surface area contributed by atoms with E-state index < -0.39 is 26.0 Å². The molecular formula is C19H21Cl2N5O5S3. The maximum absolute atomic E-state index is 12.6. The topological polar surface area (TPSA) is 167 Å². The molecule has 34 heavy (non-hydrogen) atoms. The zero-order chi connectivity index (χ0) is 25.3. The van der Waals surface area contributed by atoms with Crippen molar-refractivity contribution < 1.29 is 21.6 Å². The Kier molecular flexibility index (Phi) is 8.18. The van der Waals surface area contributed by atoms with E-state index in [4.69, 9.17) is 33.5 Å². The standard InChI is InChI=1S/C19H21Cl2N5O5S3/c1-2-3-6-26-16-5-4-11(33(22,28)29)9-15(16)24-19(26)32-10-17(27)25-18-13(20)7-12(8-14(18)21)34(23,30)31/h4-5,7-9H,2-3,6,10H2,1H3,(H,25,27)(H2,22,28,29)(H2,23,30,31). The van der Waals surface area contributed by atoms with Gasteiger partial charge in [-0.25, -0.2) is 32.1 Å². The van der Waals surface area contributed by atoms with Gasteiger partial charge in [0, 0.05) is 6.54 Å². The first-order valence-electron chi connectivity index (χ1n) is 9.79. The van der Waals surface area contributed by atoms with Crippen molar-refractivity contribution in [2.45, 2.75) is 41.3 Å². The molecule has 184 valence electrons. The molecular weight excluding hydrogens is 545 g/mol. The van der Waals surface area contributed by atoms with Crippen LogP contribution in [-0.4, -0.2) is 38.0 Å². The van der Waals surface area contributed by atoms with E-state index >= 15 is 0 Å². The van der Waals surface area contributed by atoms with E-state index in [0.29, 0.717) is 22.7 Å². The fraction of sp³-hybridized carbons (Fsp3) is 0.263. The molecule has 1 heterocycles. The van der Waals surface area contributed by atoms with Crippen LogP contribution in [0.4, 0.5) is 5.69 Å². The number of unbranched alkanes of at least 4 members (excludes halogenated alkanes) is 1. The second kappa shape index (κ2) is 10.4. The van der Waals surface area contributed by atoms with Gasteiger partial charge in [0.15, 0.2) is 5.16 Å². The van der Waals surface area contributed by atoms with Crippen LogP contribution in [0.15, 0.2) is 45.3 Å². The Morgan fingerprint density at radius 1 is 1.06 bits per heavy atom. The van der Waals surface area contributed by atoms with Crippen LogP contribution < -0.4 is 15.6 Å². The van der Waals surface area contributed by atoms with E-state index in [1.807, 2.05) is 11.5 Å². The van der Waals surface area contributed by atoms with Gasteiger partial charge in [0.1, 0.15) is 0 Å². The monoisotopic (exact) mass is 565 g/mol. The van der Waals surface area contributed by atoms with Gasteiger partial charge >= 0.3 is 0 Å². The van der Waals surface area contributed by atoms with Gasteiger partial charge in [-0.3, -0.25) is 4.79 Å². The number of hydrogen-bond donors (Lipinski definition) is 3. The van der Waals surface area contributed by atoms with E-state index in [-0.39, 0.29) is 31.3 Å². The summed E-state index contributed by atoms with van der Waals surface area (Å²) in [7, 11) is -7.91. The lowest BCUT2D eigenvalue weighted by atomic mass is 10.3. The summed E-state index contributed by atoms with van der Waals surface area (Å²) in [6, 6.07) is 6.63. The fourth-order valence-corrected chi connectivity index (χ4v) is 5.70. The number of imidazole rings is 1. The summed E-state index contributed by atoms with van der Waals surface area (Å²) in [5.74, 6) is -0.530. The van der Waals surface area contributed by atoms with E-state index in [2.05, 4.69) is 10.3 Å². The second-order valence-corrected chi connectivity index (χ2v) is 12.1. The summed E-state index contributed by atoms with van der Waals surface area (Å²) >= 11 is 13.3. The summed E-state index contributed by atoms with van der Waals surface area (Å²) in [6.07, 6.45) is 1.77. The zero-order valence-electron chi connectivity index (χ0n) is 17.8. The highest BCUT2D eigenvalue weighted by molar-refractivity contribution is 7.99. The first-order valence-corrected chi connectivity index (χ1v) is 14.6. The summed E-state index contributed by atoms with van der Waals surface area (Å²) in [5.41, 5.74) is 1.21. The van der Waals surface area contributed by atoms with Crippen LogP contribution in [0.2, 0.25) is 10.0 Å². The number of rotatable bonds is 9. The fourth-order valence-electron chi connectivity index (χ4n) is 3.05. The van der Waals surface area contributed by atoms with Crippen molar-refractivity contribution in [1.82, 2.24) is 9.55 Å². The van der Waals surface area contributed by atoms with E-state index in [9.17, 15) is 21.6 Å². The van der Waals surface area contributed by atoms with E-state index in [1.165, 1.54) is 12.1 Å². The molecule has 2 aromatic carbocycles. The molecule has 15 heteroatoms.